The van der Waals surface area contributed by atoms with Crippen molar-refractivity contribution >= 4 is 29.3 Å². The average Bonchev–Trinajstić information content (AvgIpc) is 3.07. The highest BCUT2D eigenvalue weighted by atomic mass is 19.1. The third kappa shape index (κ3) is 4.69. The van der Waals surface area contributed by atoms with Gasteiger partial charge in [-0.05, 0) is 49.1 Å². The molecule has 190 valence electrons. The van der Waals surface area contributed by atoms with Gasteiger partial charge in [0.1, 0.15) is 17.9 Å². The van der Waals surface area contributed by atoms with Gasteiger partial charge in [0, 0.05) is 31.7 Å². The summed E-state index contributed by atoms with van der Waals surface area (Å²) in [6.45, 7) is 8.26. The van der Waals surface area contributed by atoms with Crippen molar-refractivity contribution in [1.82, 2.24) is 15.1 Å². The lowest BCUT2D eigenvalue weighted by Gasteiger charge is -2.36. The molecule has 9 heteroatoms. The number of hydrogen-bond donors (Lipinski definition) is 1. The molecule has 2 aromatic rings. The molecule has 8 nitrogen and oxygen atoms in total. The highest BCUT2D eigenvalue weighted by molar-refractivity contribution is 6.09. The summed E-state index contributed by atoms with van der Waals surface area (Å²) in [5.41, 5.74) is 1.23. The zero-order valence-corrected chi connectivity index (χ0v) is 21.0. The third-order valence-electron chi connectivity index (χ3n) is 7.05. The molecular formula is C27H31FN4O4. The van der Waals surface area contributed by atoms with Crippen LogP contribution < -0.4 is 10.2 Å². The Balaban J connectivity index is 1.38. The minimum absolute atomic E-state index is 0.208. The third-order valence-corrected chi connectivity index (χ3v) is 7.05. The number of piperazine rings is 1. The van der Waals surface area contributed by atoms with E-state index in [0.717, 1.165) is 10.5 Å². The second-order valence-corrected chi connectivity index (χ2v) is 9.81. The Morgan fingerprint density at radius 2 is 1.67 bits per heavy atom. The van der Waals surface area contributed by atoms with Gasteiger partial charge in [-0.15, -0.1) is 0 Å². The van der Waals surface area contributed by atoms with Crippen LogP contribution in [0.1, 0.15) is 55.1 Å². The van der Waals surface area contributed by atoms with Gasteiger partial charge < -0.3 is 15.1 Å². The van der Waals surface area contributed by atoms with Crippen LogP contribution in [0.5, 0.6) is 0 Å². The Morgan fingerprint density at radius 3 is 2.22 bits per heavy atom. The van der Waals surface area contributed by atoms with Crippen molar-refractivity contribution in [2.75, 3.05) is 37.6 Å². The van der Waals surface area contributed by atoms with Gasteiger partial charge in [-0.3, -0.25) is 19.3 Å². The lowest BCUT2D eigenvalue weighted by molar-refractivity contribution is -0.139. The summed E-state index contributed by atoms with van der Waals surface area (Å²) in [6, 6.07) is 11.3. The van der Waals surface area contributed by atoms with Gasteiger partial charge in [0.25, 0.3) is 5.91 Å². The first-order chi connectivity index (χ1) is 17.0. The summed E-state index contributed by atoms with van der Waals surface area (Å²) in [5, 5.41) is 2.74. The van der Waals surface area contributed by atoms with Gasteiger partial charge in [-0.25, -0.2) is 9.18 Å². The number of halogens is 1. The number of ketones is 1. The van der Waals surface area contributed by atoms with E-state index >= 15 is 0 Å². The Kier molecular flexibility index (Phi) is 6.84. The number of imide groups is 1. The van der Waals surface area contributed by atoms with Crippen LogP contribution in [0, 0.1) is 5.82 Å². The SMILES string of the molecule is CC(=O)c1ccc(N2CCN(C(=O)CN3C(=O)NC(C)(c4ccc(C(C)C)cc4)C3=O)CC2)c(F)c1. The molecule has 1 atom stereocenters. The van der Waals surface area contributed by atoms with Crippen LogP contribution in [0.4, 0.5) is 14.9 Å². The van der Waals surface area contributed by atoms with E-state index in [1.165, 1.54) is 13.0 Å². The number of hydrogen-bond acceptors (Lipinski definition) is 5. The number of carbonyl (C=O) groups is 4. The predicted molar refractivity (Wildman–Crippen MR) is 133 cm³/mol. The summed E-state index contributed by atoms with van der Waals surface area (Å²) in [6.07, 6.45) is 0. The molecule has 2 aromatic carbocycles. The van der Waals surface area contributed by atoms with Crippen LogP contribution in [0.3, 0.4) is 0 Å². The Hall–Kier alpha value is -3.75. The van der Waals surface area contributed by atoms with E-state index in [9.17, 15) is 23.6 Å². The molecule has 1 unspecified atom stereocenters. The van der Waals surface area contributed by atoms with Gasteiger partial charge in [-0.2, -0.15) is 0 Å². The fourth-order valence-corrected chi connectivity index (χ4v) is 4.65. The highest BCUT2D eigenvalue weighted by Gasteiger charge is 2.49. The van der Waals surface area contributed by atoms with Crippen molar-refractivity contribution in [2.45, 2.75) is 39.2 Å². The summed E-state index contributed by atoms with van der Waals surface area (Å²) < 4.78 is 14.5. The van der Waals surface area contributed by atoms with Gasteiger partial charge in [-0.1, -0.05) is 38.1 Å². The second-order valence-electron chi connectivity index (χ2n) is 9.81. The fourth-order valence-electron chi connectivity index (χ4n) is 4.65. The van der Waals surface area contributed by atoms with E-state index in [1.54, 1.807) is 24.0 Å². The van der Waals surface area contributed by atoms with E-state index in [-0.39, 0.29) is 18.2 Å². The molecule has 4 amide bonds. The zero-order chi connectivity index (χ0) is 26.2. The Morgan fingerprint density at radius 1 is 1.03 bits per heavy atom. The van der Waals surface area contributed by atoms with Crippen molar-refractivity contribution in [1.29, 1.82) is 0 Å². The molecular weight excluding hydrogens is 463 g/mol. The van der Waals surface area contributed by atoms with Gasteiger partial charge in [0.15, 0.2) is 5.78 Å². The lowest BCUT2D eigenvalue weighted by atomic mass is 9.90. The Bertz CT molecular complexity index is 1200. The number of Topliss-reactive ketones (excluding diaryl/α,β-unsaturated/α-hetero) is 1. The monoisotopic (exact) mass is 494 g/mol. The molecule has 0 aliphatic carbocycles. The smallest absolute Gasteiger partial charge is 0.325 e. The first-order valence-electron chi connectivity index (χ1n) is 12.1. The fraction of sp³-hybridized carbons (Fsp3) is 0.407. The van der Waals surface area contributed by atoms with Gasteiger partial charge in [0.2, 0.25) is 5.91 Å². The molecule has 2 saturated heterocycles. The number of benzene rings is 2. The number of amides is 4. The summed E-state index contributed by atoms with van der Waals surface area (Å²) in [7, 11) is 0. The zero-order valence-electron chi connectivity index (χ0n) is 21.0. The summed E-state index contributed by atoms with van der Waals surface area (Å²) in [5.74, 6) is -1.16. The van der Waals surface area contributed by atoms with Crippen molar-refractivity contribution < 1.29 is 23.6 Å². The van der Waals surface area contributed by atoms with Crippen LogP contribution in [-0.4, -0.2) is 66.2 Å². The number of carbonyl (C=O) groups excluding carboxylic acids is 4. The van der Waals surface area contributed by atoms with Gasteiger partial charge >= 0.3 is 6.03 Å². The number of nitrogens with zero attached hydrogens (tertiary/aromatic N) is 3. The van der Waals surface area contributed by atoms with E-state index in [1.807, 2.05) is 29.2 Å². The predicted octanol–water partition coefficient (Wildman–Crippen LogP) is 3.27. The number of anilines is 1. The average molecular weight is 495 g/mol. The van der Waals surface area contributed by atoms with Crippen LogP contribution in [-0.2, 0) is 15.1 Å². The van der Waals surface area contributed by atoms with Crippen molar-refractivity contribution in [3.05, 3.63) is 65.0 Å². The maximum atomic E-state index is 14.5. The number of urea groups is 1. The topological polar surface area (TPSA) is 90.0 Å². The quantitative estimate of drug-likeness (QED) is 0.492. The minimum Gasteiger partial charge on any atom is -0.366 e. The molecule has 36 heavy (non-hydrogen) atoms. The van der Waals surface area contributed by atoms with Crippen LogP contribution in [0.2, 0.25) is 0 Å². The molecule has 0 saturated carbocycles. The van der Waals surface area contributed by atoms with E-state index in [4.69, 9.17) is 0 Å². The maximum Gasteiger partial charge on any atom is 0.325 e. The van der Waals surface area contributed by atoms with Crippen molar-refractivity contribution in [3.8, 4) is 0 Å². The maximum absolute atomic E-state index is 14.5. The van der Waals surface area contributed by atoms with Crippen molar-refractivity contribution in [3.63, 3.8) is 0 Å². The van der Waals surface area contributed by atoms with E-state index in [0.29, 0.717) is 48.9 Å². The van der Waals surface area contributed by atoms with Crippen LogP contribution in [0.15, 0.2) is 42.5 Å². The highest BCUT2D eigenvalue weighted by Crippen LogP contribution is 2.30. The standard InChI is InChI=1S/C27H31FN4O4/c1-17(2)19-5-8-21(9-6-19)27(4)25(35)32(26(36)29-27)16-24(34)31-13-11-30(12-14-31)23-10-7-20(18(3)33)15-22(23)28/h5-10,15,17H,11-14,16H2,1-4H3,(H,29,36). The molecule has 0 bridgehead atoms. The van der Waals surface area contributed by atoms with Crippen molar-refractivity contribution in [2.24, 2.45) is 0 Å². The van der Waals surface area contributed by atoms with Crippen LogP contribution >= 0.6 is 0 Å². The van der Waals surface area contributed by atoms with E-state index < -0.39 is 23.3 Å². The second kappa shape index (κ2) is 9.72. The molecule has 2 aliphatic rings. The summed E-state index contributed by atoms with van der Waals surface area (Å²) in [4.78, 5) is 54.7. The molecule has 2 heterocycles. The van der Waals surface area contributed by atoms with E-state index in [2.05, 4.69) is 19.2 Å². The molecule has 4 rings (SSSR count). The lowest BCUT2D eigenvalue weighted by Crippen LogP contribution is -2.52. The molecule has 2 aliphatic heterocycles. The summed E-state index contributed by atoms with van der Waals surface area (Å²) >= 11 is 0. The largest absolute Gasteiger partial charge is 0.366 e. The minimum atomic E-state index is -1.24. The molecule has 0 aromatic heterocycles. The molecule has 1 N–H and O–H groups in total. The molecule has 2 fully saturated rings. The molecule has 0 radical (unpaired) electrons. The van der Waals surface area contributed by atoms with Crippen LogP contribution in [0.25, 0.3) is 0 Å². The molecule has 0 spiro atoms. The van der Waals surface area contributed by atoms with Gasteiger partial charge in [0.05, 0.1) is 5.69 Å². The first kappa shape index (κ1) is 25.3. The number of nitrogens with one attached hydrogen (secondary N) is 1. The number of rotatable bonds is 6. The Labute approximate surface area is 210 Å². The normalized spacial score (nSPS) is 20.2. The first-order valence-corrected chi connectivity index (χ1v) is 12.1.